The van der Waals surface area contributed by atoms with E-state index in [9.17, 15) is 4.79 Å². The lowest BCUT2D eigenvalue weighted by Gasteiger charge is -2.25. The Balaban J connectivity index is 2.13. The van der Waals surface area contributed by atoms with Crippen molar-refractivity contribution in [1.29, 1.82) is 0 Å². The van der Waals surface area contributed by atoms with Gasteiger partial charge >= 0.3 is 0 Å². The predicted molar refractivity (Wildman–Crippen MR) is 75.8 cm³/mol. The molecule has 1 heteroatoms. The molecule has 98 valence electrons. The van der Waals surface area contributed by atoms with Crippen LogP contribution >= 0.6 is 0 Å². The van der Waals surface area contributed by atoms with Crippen molar-refractivity contribution in [2.24, 2.45) is 5.41 Å². The molecule has 1 aliphatic carbocycles. The first-order chi connectivity index (χ1) is 8.57. The van der Waals surface area contributed by atoms with Crippen LogP contribution in [-0.4, -0.2) is 5.78 Å². The molecular formula is C17H24O. The summed E-state index contributed by atoms with van der Waals surface area (Å²) in [4.78, 5) is 12.6. The lowest BCUT2D eigenvalue weighted by molar-refractivity contribution is -0.128. The molecule has 0 spiro atoms. The molecule has 0 bridgehead atoms. The third kappa shape index (κ3) is 2.50. The van der Waals surface area contributed by atoms with Gasteiger partial charge in [-0.2, -0.15) is 0 Å². The lowest BCUT2D eigenvalue weighted by atomic mass is 9.77. The van der Waals surface area contributed by atoms with Crippen LogP contribution in [-0.2, 0) is 11.2 Å². The first-order valence-electron chi connectivity index (χ1n) is 7.17. The first kappa shape index (κ1) is 13.3. The van der Waals surface area contributed by atoms with Crippen molar-refractivity contribution < 1.29 is 4.79 Å². The minimum atomic E-state index is -0.00120. The molecule has 0 saturated heterocycles. The maximum Gasteiger partial charge on any atom is 0.143 e. The van der Waals surface area contributed by atoms with Gasteiger partial charge in [0.25, 0.3) is 0 Å². The topological polar surface area (TPSA) is 17.1 Å². The highest BCUT2D eigenvalue weighted by molar-refractivity contribution is 5.87. The Kier molecular flexibility index (Phi) is 3.89. The monoisotopic (exact) mass is 244 g/mol. The first-order valence-corrected chi connectivity index (χ1v) is 7.17. The van der Waals surface area contributed by atoms with E-state index in [0.717, 1.165) is 19.3 Å². The summed E-state index contributed by atoms with van der Waals surface area (Å²) in [6, 6.07) is 6.41. The number of carbonyl (C=O) groups excluding carboxylic acids is 1. The van der Waals surface area contributed by atoms with Gasteiger partial charge in [-0.1, -0.05) is 38.0 Å². The van der Waals surface area contributed by atoms with E-state index in [1.807, 2.05) is 0 Å². The highest BCUT2D eigenvalue weighted by atomic mass is 16.1. The summed E-state index contributed by atoms with van der Waals surface area (Å²) >= 11 is 0. The van der Waals surface area contributed by atoms with Gasteiger partial charge < -0.3 is 0 Å². The molecule has 1 aromatic rings. The Morgan fingerprint density at radius 2 is 1.83 bits per heavy atom. The Hall–Kier alpha value is -1.11. The highest BCUT2D eigenvalue weighted by Gasteiger charge is 2.38. The quantitative estimate of drug-likeness (QED) is 0.768. The molecule has 0 aliphatic heterocycles. The summed E-state index contributed by atoms with van der Waals surface area (Å²) in [5, 5.41) is 0. The molecule has 0 heterocycles. The zero-order valence-corrected chi connectivity index (χ0v) is 11.9. The van der Waals surface area contributed by atoms with Gasteiger partial charge in [0.1, 0.15) is 5.78 Å². The Bertz CT molecular complexity index is 439. The van der Waals surface area contributed by atoms with Crippen molar-refractivity contribution >= 4 is 5.78 Å². The summed E-state index contributed by atoms with van der Waals surface area (Å²) in [5.74, 6) is 0.464. The highest BCUT2D eigenvalue weighted by Crippen LogP contribution is 2.42. The SMILES string of the molecule is CCC1(C(=O)Cc2ccc(C)c(C)c2)CCCC1. The summed E-state index contributed by atoms with van der Waals surface area (Å²) in [6.07, 6.45) is 6.30. The molecule has 1 saturated carbocycles. The summed E-state index contributed by atoms with van der Waals surface area (Å²) in [7, 11) is 0. The van der Waals surface area contributed by atoms with E-state index in [-0.39, 0.29) is 5.41 Å². The Morgan fingerprint density at radius 3 is 2.39 bits per heavy atom. The predicted octanol–water partition coefficient (Wildman–Crippen LogP) is 4.39. The summed E-state index contributed by atoms with van der Waals surface area (Å²) in [6.45, 7) is 6.41. The van der Waals surface area contributed by atoms with Gasteiger partial charge in [-0.05, 0) is 49.8 Å². The van der Waals surface area contributed by atoms with E-state index in [1.54, 1.807) is 0 Å². The molecule has 2 rings (SSSR count). The van der Waals surface area contributed by atoms with E-state index < -0.39 is 0 Å². The molecule has 1 nitrogen and oxygen atoms in total. The third-order valence-corrected chi connectivity index (χ3v) is 4.76. The second kappa shape index (κ2) is 5.26. The lowest BCUT2D eigenvalue weighted by Crippen LogP contribution is -2.28. The van der Waals surface area contributed by atoms with Crippen LogP contribution in [0.1, 0.15) is 55.7 Å². The average molecular weight is 244 g/mol. The maximum atomic E-state index is 12.6. The number of hydrogen-bond donors (Lipinski definition) is 0. The van der Waals surface area contributed by atoms with E-state index in [2.05, 4.69) is 39.0 Å². The fourth-order valence-electron chi connectivity index (χ4n) is 3.17. The van der Waals surface area contributed by atoms with Crippen molar-refractivity contribution in [1.82, 2.24) is 0 Å². The molecule has 1 aromatic carbocycles. The van der Waals surface area contributed by atoms with Gasteiger partial charge in [0.05, 0.1) is 0 Å². The molecule has 1 aliphatic rings. The van der Waals surface area contributed by atoms with E-state index in [4.69, 9.17) is 0 Å². The molecule has 0 atom stereocenters. The van der Waals surface area contributed by atoms with Crippen LogP contribution in [0.25, 0.3) is 0 Å². The van der Waals surface area contributed by atoms with Crippen LogP contribution in [0.15, 0.2) is 18.2 Å². The van der Waals surface area contributed by atoms with Crippen LogP contribution < -0.4 is 0 Å². The van der Waals surface area contributed by atoms with Gasteiger partial charge in [-0.15, -0.1) is 0 Å². The summed E-state index contributed by atoms with van der Waals surface area (Å²) < 4.78 is 0. The van der Waals surface area contributed by atoms with E-state index in [1.165, 1.54) is 29.5 Å². The fourth-order valence-corrected chi connectivity index (χ4v) is 3.17. The van der Waals surface area contributed by atoms with Crippen LogP contribution in [0, 0.1) is 19.3 Å². The average Bonchev–Trinajstić information content (AvgIpc) is 2.84. The van der Waals surface area contributed by atoms with Crippen molar-refractivity contribution in [3.63, 3.8) is 0 Å². The van der Waals surface area contributed by atoms with Gasteiger partial charge in [0.15, 0.2) is 0 Å². The molecule has 0 N–H and O–H groups in total. The summed E-state index contributed by atoms with van der Waals surface area (Å²) in [5.41, 5.74) is 3.77. The molecule has 0 aromatic heterocycles. The minimum Gasteiger partial charge on any atom is -0.299 e. The second-order valence-electron chi connectivity index (χ2n) is 5.86. The molecule has 1 fully saturated rings. The number of aryl methyl sites for hydroxylation is 2. The van der Waals surface area contributed by atoms with Crippen molar-refractivity contribution in [2.75, 3.05) is 0 Å². The largest absolute Gasteiger partial charge is 0.299 e. The standard InChI is InChI=1S/C17H24O/c1-4-17(9-5-6-10-17)16(18)12-15-8-7-13(2)14(3)11-15/h7-8,11H,4-6,9-10,12H2,1-3H3. The number of rotatable bonds is 4. The van der Waals surface area contributed by atoms with Crippen molar-refractivity contribution in [3.8, 4) is 0 Å². The number of ketones is 1. The van der Waals surface area contributed by atoms with Gasteiger partial charge in [-0.3, -0.25) is 4.79 Å². The van der Waals surface area contributed by atoms with Crippen molar-refractivity contribution in [2.45, 2.75) is 59.3 Å². The zero-order valence-electron chi connectivity index (χ0n) is 11.9. The van der Waals surface area contributed by atoms with Crippen LogP contribution in [0.3, 0.4) is 0 Å². The van der Waals surface area contributed by atoms with Crippen LogP contribution in [0.2, 0.25) is 0 Å². The zero-order chi connectivity index (χ0) is 13.2. The minimum absolute atomic E-state index is 0.00120. The fraction of sp³-hybridized carbons (Fsp3) is 0.588. The molecule has 0 radical (unpaired) electrons. The Labute approximate surface area is 111 Å². The Morgan fingerprint density at radius 1 is 1.17 bits per heavy atom. The van der Waals surface area contributed by atoms with E-state index >= 15 is 0 Å². The number of hydrogen-bond acceptors (Lipinski definition) is 1. The van der Waals surface area contributed by atoms with Crippen molar-refractivity contribution in [3.05, 3.63) is 34.9 Å². The smallest absolute Gasteiger partial charge is 0.143 e. The molecule has 0 amide bonds. The maximum absolute atomic E-state index is 12.6. The van der Waals surface area contributed by atoms with Gasteiger partial charge in [0.2, 0.25) is 0 Å². The number of benzene rings is 1. The molecule has 0 unspecified atom stereocenters. The number of Topliss-reactive ketones (excluding diaryl/α,β-unsaturated/α-hetero) is 1. The molecular weight excluding hydrogens is 220 g/mol. The van der Waals surface area contributed by atoms with Gasteiger partial charge in [0, 0.05) is 11.8 Å². The number of carbonyl (C=O) groups is 1. The van der Waals surface area contributed by atoms with Gasteiger partial charge in [-0.25, -0.2) is 0 Å². The van der Waals surface area contributed by atoms with Crippen LogP contribution in [0.4, 0.5) is 0 Å². The van der Waals surface area contributed by atoms with E-state index in [0.29, 0.717) is 12.2 Å². The van der Waals surface area contributed by atoms with Crippen LogP contribution in [0.5, 0.6) is 0 Å². The third-order valence-electron chi connectivity index (χ3n) is 4.76. The normalized spacial score (nSPS) is 17.9. The second-order valence-corrected chi connectivity index (χ2v) is 5.86. The molecule has 18 heavy (non-hydrogen) atoms.